The molecule has 2 N–H and O–H groups in total. The molecule has 0 fully saturated rings. The summed E-state index contributed by atoms with van der Waals surface area (Å²) in [6, 6.07) is 13.8. The van der Waals surface area contributed by atoms with Crippen molar-refractivity contribution in [3.8, 4) is 11.5 Å². The minimum atomic E-state index is -0.348. The molecule has 1 aromatic heterocycles. The fourth-order valence-corrected chi connectivity index (χ4v) is 3.49. The standard InChI is InChI=1S/C24H24N2O5/c1-3-29-21-12-17-11-15(2)31-22(17)13-18(21)14-25-23(27)16-6-8-19(9-7-16)26-24(28)20-5-4-10-30-20/h4-10,12-13,15H,3,11,14H2,1-2H3,(H,25,27)(H,26,28)/t15-/m1/s1. The van der Waals surface area contributed by atoms with Crippen LogP contribution in [0.3, 0.4) is 0 Å². The zero-order chi connectivity index (χ0) is 21.8. The van der Waals surface area contributed by atoms with Gasteiger partial charge < -0.3 is 24.5 Å². The molecule has 160 valence electrons. The minimum absolute atomic E-state index is 0.140. The summed E-state index contributed by atoms with van der Waals surface area (Å²) in [6.45, 7) is 4.82. The zero-order valence-corrected chi connectivity index (χ0v) is 17.4. The lowest BCUT2D eigenvalue weighted by molar-refractivity contribution is 0.0949. The van der Waals surface area contributed by atoms with Crippen LogP contribution in [0.5, 0.6) is 11.5 Å². The summed E-state index contributed by atoms with van der Waals surface area (Å²) >= 11 is 0. The summed E-state index contributed by atoms with van der Waals surface area (Å²) in [4.78, 5) is 24.6. The molecule has 1 aliphatic rings. The number of carbonyl (C=O) groups is 2. The monoisotopic (exact) mass is 420 g/mol. The summed E-state index contributed by atoms with van der Waals surface area (Å²) in [5.74, 6) is 1.26. The molecule has 2 aromatic carbocycles. The summed E-state index contributed by atoms with van der Waals surface area (Å²) in [6.07, 6.45) is 2.43. The first kappa shape index (κ1) is 20.5. The predicted molar refractivity (Wildman–Crippen MR) is 116 cm³/mol. The molecule has 31 heavy (non-hydrogen) atoms. The van der Waals surface area contributed by atoms with Crippen LogP contribution in [0, 0.1) is 0 Å². The number of amides is 2. The molecule has 0 aliphatic carbocycles. The summed E-state index contributed by atoms with van der Waals surface area (Å²) in [7, 11) is 0. The van der Waals surface area contributed by atoms with Gasteiger partial charge in [-0.25, -0.2) is 0 Å². The SMILES string of the molecule is CCOc1cc2c(cc1CNC(=O)c1ccc(NC(=O)c3ccco3)cc1)O[C@H](C)C2. The molecule has 0 spiro atoms. The molecule has 7 heteroatoms. The van der Waals surface area contributed by atoms with Crippen molar-refractivity contribution in [1.82, 2.24) is 5.32 Å². The third-order valence-corrected chi connectivity index (χ3v) is 4.97. The van der Waals surface area contributed by atoms with Gasteiger partial charge in [0.1, 0.15) is 17.6 Å². The zero-order valence-electron chi connectivity index (χ0n) is 17.4. The number of ether oxygens (including phenoxy) is 2. The van der Waals surface area contributed by atoms with E-state index < -0.39 is 0 Å². The topological polar surface area (TPSA) is 89.8 Å². The van der Waals surface area contributed by atoms with Crippen molar-refractivity contribution in [2.45, 2.75) is 32.9 Å². The Morgan fingerprint density at radius 3 is 2.65 bits per heavy atom. The van der Waals surface area contributed by atoms with Gasteiger partial charge in [0.25, 0.3) is 11.8 Å². The van der Waals surface area contributed by atoms with Crippen LogP contribution in [0.4, 0.5) is 5.69 Å². The molecule has 1 atom stereocenters. The predicted octanol–water partition coefficient (Wildman–Crippen LogP) is 4.18. The van der Waals surface area contributed by atoms with Crippen LogP contribution in [0.15, 0.2) is 59.2 Å². The third kappa shape index (κ3) is 4.71. The fourth-order valence-electron chi connectivity index (χ4n) is 3.49. The van der Waals surface area contributed by atoms with E-state index in [9.17, 15) is 9.59 Å². The van der Waals surface area contributed by atoms with Gasteiger partial charge in [-0.2, -0.15) is 0 Å². The smallest absolute Gasteiger partial charge is 0.291 e. The van der Waals surface area contributed by atoms with Gasteiger partial charge >= 0.3 is 0 Å². The molecule has 2 heterocycles. The van der Waals surface area contributed by atoms with Crippen LogP contribution in [0.2, 0.25) is 0 Å². The molecule has 0 radical (unpaired) electrons. The van der Waals surface area contributed by atoms with Gasteiger partial charge in [-0.15, -0.1) is 0 Å². The van der Waals surface area contributed by atoms with Crippen LogP contribution in [-0.2, 0) is 13.0 Å². The molecule has 0 bridgehead atoms. The number of hydrogen-bond acceptors (Lipinski definition) is 5. The third-order valence-electron chi connectivity index (χ3n) is 4.97. The van der Waals surface area contributed by atoms with Crippen LogP contribution >= 0.6 is 0 Å². The molecule has 4 rings (SSSR count). The fraction of sp³-hybridized carbons (Fsp3) is 0.250. The van der Waals surface area contributed by atoms with Crippen LogP contribution in [0.25, 0.3) is 0 Å². The number of benzene rings is 2. The average molecular weight is 420 g/mol. The number of fused-ring (bicyclic) bond motifs is 1. The van der Waals surface area contributed by atoms with E-state index in [1.165, 1.54) is 6.26 Å². The lowest BCUT2D eigenvalue weighted by Crippen LogP contribution is -2.23. The lowest BCUT2D eigenvalue weighted by Gasteiger charge is -2.13. The number of rotatable bonds is 7. The number of nitrogens with one attached hydrogen (secondary N) is 2. The number of furan rings is 1. The van der Waals surface area contributed by atoms with E-state index in [0.29, 0.717) is 24.4 Å². The lowest BCUT2D eigenvalue weighted by atomic mass is 10.1. The van der Waals surface area contributed by atoms with Crippen molar-refractivity contribution in [2.75, 3.05) is 11.9 Å². The van der Waals surface area contributed by atoms with Crippen molar-refractivity contribution in [3.63, 3.8) is 0 Å². The quantitative estimate of drug-likeness (QED) is 0.598. The van der Waals surface area contributed by atoms with Crippen LogP contribution < -0.4 is 20.1 Å². The first-order valence-corrected chi connectivity index (χ1v) is 10.2. The summed E-state index contributed by atoms with van der Waals surface area (Å²) in [5.41, 5.74) is 3.05. The number of carbonyl (C=O) groups excluding carboxylic acids is 2. The largest absolute Gasteiger partial charge is 0.494 e. The van der Waals surface area contributed by atoms with Gasteiger partial charge in [0.05, 0.1) is 12.9 Å². The Labute approximate surface area is 180 Å². The second-order valence-corrected chi connectivity index (χ2v) is 7.32. The molecule has 0 unspecified atom stereocenters. The molecular formula is C24H24N2O5. The highest BCUT2D eigenvalue weighted by molar-refractivity contribution is 6.02. The summed E-state index contributed by atoms with van der Waals surface area (Å²) in [5, 5.41) is 5.64. The Morgan fingerprint density at radius 1 is 1.13 bits per heavy atom. The normalized spacial score (nSPS) is 14.5. The second-order valence-electron chi connectivity index (χ2n) is 7.32. The Hall–Kier alpha value is -3.74. The molecule has 0 saturated carbocycles. The Kier molecular flexibility index (Phi) is 5.93. The maximum atomic E-state index is 12.6. The van der Waals surface area contributed by atoms with Crippen molar-refractivity contribution >= 4 is 17.5 Å². The van der Waals surface area contributed by atoms with Gasteiger partial charge in [-0.1, -0.05) is 0 Å². The molecule has 1 aliphatic heterocycles. The Balaban J connectivity index is 1.40. The van der Waals surface area contributed by atoms with Crippen LogP contribution in [-0.4, -0.2) is 24.5 Å². The van der Waals surface area contributed by atoms with Gasteiger partial charge in [-0.3, -0.25) is 9.59 Å². The molecule has 0 saturated heterocycles. The van der Waals surface area contributed by atoms with Crippen molar-refractivity contribution in [3.05, 3.63) is 77.2 Å². The summed E-state index contributed by atoms with van der Waals surface area (Å²) < 4.78 is 16.7. The van der Waals surface area contributed by atoms with Gasteiger partial charge in [0, 0.05) is 35.3 Å². The highest BCUT2D eigenvalue weighted by Crippen LogP contribution is 2.35. The van der Waals surface area contributed by atoms with E-state index >= 15 is 0 Å². The minimum Gasteiger partial charge on any atom is -0.494 e. The highest BCUT2D eigenvalue weighted by Gasteiger charge is 2.22. The van der Waals surface area contributed by atoms with Gasteiger partial charge in [0.15, 0.2) is 5.76 Å². The Morgan fingerprint density at radius 2 is 1.94 bits per heavy atom. The van der Waals surface area contributed by atoms with Crippen molar-refractivity contribution in [1.29, 1.82) is 0 Å². The van der Waals surface area contributed by atoms with E-state index in [1.807, 2.05) is 26.0 Å². The molecular weight excluding hydrogens is 396 g/mol. The first-order chi connectivity index (χ1) is 15.0. The Bertz CT molecular complexity index is 1070. The molecule has 7 nitrogen and oxygen atoms in total. The van der Waals surface area contributed by atoms with Gasteiger partial charge in [-0.05, 0) is 62.4 Å². The van der Waals surface area contributed by atoms with Gasteiger partial charge in [0.2, 0.25) is 0 Å². The van der Waals surface area contributed by atoms with Crippen LogP contribution in [0.1, 0.15) is 45.9 Å². The first-order valence-electron chi connectivity index (χ1n) is 10.2. The second kappa shape index (κ2) is 8.95. The van der Waals surface area contributed by atoms with Crippen molar-refractivity contribution < 1.29 is 23.5 Å². The number of hydrogen-bond donors (Lipinski definition) is 2. The number of anilines is 1. The maximum Gasteiger partial charge on any atom is 0.291 e. The van der Waals surface area contributed by atoms with E-state index in [0.717, 1.165) is 29.0 Å². The highest BCUT2D eigenvalue weighted by atomic mass is 16.5. The van der Waals surface area contributed by atoms with E-state index in [2.05, 4.69) is 10.6 Å². The van der Waals surface area contributed by atoms with E-state index in [4.69, 9.17) is 13.9 Å². The van der Waals surface area contributed by atoms with E-state index in [-0.39, 0.29) is 23.7 Å². The molecule has 2 amide bonds. The molecule has 3 aromatic rings. The van der Waals surface area contributed by atoms with Crippen molar-refractivity contribution in [2.24, 2.45) is 0 Å². The maximum absolute atomic E-state index is 12.6. The van der Waals surface area contributed by atoms with E-state index in [1.54, 1.807) is 36.4 Å². The average Bonchev–Trinajstić information content (AvgIpc) is 3.41.